The number of halogens is 1. The lowest BCUT2D eigenvalue weighted by Gasteiger charge is -2.27. The number of hydrogen-bond donors (Lipinski definition) is 2. The van der Waals surface area contributed by atoms with Gasteiger partial charge in [0, 0.05) is 41.9 Å². The van der Waals surface area contributed by atoms with Crippen molar-refractivity contribution in [3.05, 3.63) is 60.0 Å². The van der Waals surface area contributed by atoms with Gasteiger partial charge in [-0.15, -0.1) is 0 Å². The number of nitrogens with zero attached hydrogens (tertiary/aromatic N) is 1. The van der Waals surface area contributed by atoms with Crippen LogP contribution in [0.2, 0.25) is 0 Å². The van der Waals surface area contributed by atoms with Gasteiger partial charge >= 0.3 is 0 Å². The highest BCUT2D eigenvalue weighted by Gasteiger charge is 2.24. The number of hydrogen-bond acceptors (Lipinski definition) is 3. The van der Waals surface area contributed by atoms with Crippen LogP contribution in [0.3, 0.4) is 0 Å². The minimum atomic E-state index is -0.353. The van der Waals surface area contributed by atoms with Crippen molar-refractivity contribution in [3.8, 4) is 0 Å². The molecular formula is C22H24FN3O. The highest BCUT2D eigenvalue weighted by Crippen LogP contribution is 2.32. The molecule has 1 amide bonds. The van der Waals surface area contributed by atoms with E-state index < -0.39 is 0 Å². The van der Waals surface area contributed by atoms with Gasteiger partial charge in [-0.05, 0) is 55.3 Å². The fourth-order valence-electron chi connectivity index (χ4n) is 3.73. The monoisotopic (exact) mass is 365 g/mol. The molecule has 2 aromatic rings. The topological polar surface area (TPSA) is 44.4 Å². The molecule has 0 saturated carbocycles. The number of rotatable bonds is 3. The summed E-state index contributed by atoms with van der Waals surface area (Å²) in [7, 11) is 0. The summed E-state index contributed by atoms with van der Waals surface area (Å²) in [5.41, 5.74) is 3.81. The molecule has 0 atom stereocenters. The summed E-state index contributed by atoms with van der Waals surface area (Å²) in [6, 6.07) is 12.6. The minimum absolute atomic E-state index is 0.222. The van der Waals surface area contributed by atoms with E-state index in [-0.39, 0.29) is 11.7 Å². The van der Waals surface area contributed by atoms with Crippen LogP contribution in [0.15, 0.2) is 48.7 Å². The molecule has 4 rings (SSSR count). The van der Waals surface area contributed by atoms with Crippen molar-refractivity contribution in [2.24, 2.45) is 0 Å². The Morgan fingerprint density at radius 1 is 0.963 bits per heavy atom. The normalized spacial score (nSPS) is 18.6. The molecule has 2 aliphatic rings. The second kappa shape index (κ2) is 7.82. The van der Waals surface area contributed by atoms with E-state index in [0.29, 0.717) is 16.8 Å². The number of nitrogens with one attached hydrogen (secondary N) is 2. The second-order valence-electron chi connectivity index (χ2n) is 7.15. The lowest BCUT2D eigenvalue weighted by Crippen LogP contribution is -2.26. The van der Waals surface area contributed by atoms with Gasteiger partial charge in [0.2, 0.25) is 0 Å². The lowest BCUT2D eigenvalue weighted by atomic mass is 10.1. The number of carbonyl (C=O) groups excluding carboxylic acids is 1. The molecule has 0 spiro atoms. The molecule has 0 unspecified atom stereocenters. The molecule has 2 heterocycles. The number of benzene rings is 2. The molecule has 2 aromatic carbocycles. The van der Waals surface area contributed by atoms with Gasteiger partial charge in [-0.1, -0.05) is 19.3 Å². The fraction of sp³-hybridized carbons (Fsp3) is 0.318. The summed E-state index contributed by atoms with van der Waals surface area (Å²) < 4.78 is 13.5. The van der Waals surface area contributed by atoms with Crippen LogP contribution in [0.5, 0.6) is 0 Å². The SMILES string of the molecule is O=C1Nc2ccc(F)cc2C1=CNc1ccc(N2CCCCCCC2)cc1. The molecule has 1 fully saturated rings. The maximum absolute atomic E-state index is 13.5. The highest BCUT2D eigenvalue weighted by atomic mass is 19.1. The van der Waals surface area contributed by atoms with E-state index >= 15 is 0 Å². The van der Waals surface area contributed by atoms with Gasteiger partial charge in [-0.2, -0.15) is 0 Å². The standard InChI is InChI=1S/C22H24FN3O/c23-16-6-11-21-19(14-16)20(22(27)25-21)15-24-17-7-9-18(10-8-17)26-12-4-2-1-3-5-13-26/h6-11,14-15,24H,1-5,12-13H2,(H,25,27). The molecule has 27 heavy (non-hydrogen) atoms. The van der Waals surface area contributed by atoms with Crippen LogP contribution in [0.25, 0.3) is 5.57 Å². The third kappa shape index (κ3) is 3.97. The molecule has 5 heteroatoms. The van der Waals surface area contributed by atoms with Crippen LogP contribution in [-0.4, -0.2) is 19.0 Å². The van der Waals surface area contributed by atoms with E-state index in [1.807, 2.05) is 12.1 Å². The lowest BCUT2D eigenvalue weighted by molar-refractivity contribution is -0.110. The summed E-state index contributed by atoms with van der Waals surface area (Å²) in [5.74, 6) is -0.575. The average Bonchev–Trinajstić information content (AvgIpc) is 2.95. The van der Waals surface area contributed by atoms with Crippen LogP contribution in [0.1, 0.15) is 37.7 Å². The van der Waals surface area contributed by atoms with Crippen molar-refractivity contribution >= 4 is 28.5 Å². The first-order valence-corrected chi connectivity index (χ1v) is 9.64. The van der Waals surface area contributed by atoms with E-state index in [4.69, 9.17) is 0 Å². The number of anilines is 3. The number of fused-ring (bicyclic) bond motifs is 1. The Balaban J connectivity index is 1.47. The Morgan fingerprint density at radius 3 is 2.41 bits per heavy atom. The van der Waals surface area contributed by atoms with E-state index in [1.165, 1.54) is 49.9 Å². The highest BCUT2D eigenvalue weighted by molar-refractivity contribution is 6.31. The minimum Gasteiger partial charge on any atom is -0.372 e. The number of amides is 1. The zero-order valence-electron chi connectivity index (χ0n) is 15.3. The third-order valence-electron chi connectivity index (χ3n) is 5.24. The number of carbonyl (C=O) groups is 1. The van der Waals surface area contributed by atoms with Crippen LogP contribution in [0.4, 0.5) is 21.5 Å². The Hall–Kier alpha value is -2.82. The maximum Gasteiger partial charge on any atom is 0.257 e. The van der Waals surface area contributed by atoms with Gasteiger partial charge < -0.3 is 15.5 Å². The van der Waals surface area contributed by atoms with Crippen LogP contribution in [-0.2, 0) is 4.79 Å². The molecule has 0 radical (unpaired) electrons. The summed E-state index contributed by atoms with van der Waals surface area (Å²) >= 11 is 0. The van der Waals surface area contributed by atoms with Crippen molar-refractivity contribution in [1.29, 1.82) is 0 Å². The Morgan fingerprint density at radius 2 is 1.67 bits per heavy atom. The predicted molar refractivity (Wildman–Crippen MR) is 108 cm³/mol. The summed E-state index contributed by atoms with van der Waals surface area (Å²) in [4.78, 5) is 14.6. The van der Waals surface area contributed by atoms with E-state index in [9.17, 15) is 9.18 Å². The Bertz CT molecular complexity index is 852. The van der Waals surface area contributed by atoms with Gasteiger partial charge in [0.1, 0.15) is 5.82 Å². The average molecular weight is 365 g/mol. The van der Waals surface area contributed by atoms with Gasteiger partial charge in [0.05, 0.1) is 5.57 Å². The third-order valence-corrected chi connectivity index (χ3v) is 5.24. The molecule has 1 saturated heterocycles. The Kier molecular flexibility index (Phi) is 5.10. The zero-order valence-corrected chi connectivity index (χ0v) is 15.3. The Labute approximate surface area is 159 Å². The maximum atomic E-state index is 13.5. The van der Waals surface area contributed by atoms with Crippen molar-refractivity contribution in [2.75, 3.05) is 28.6 Å². The van der Waals surface area contributed by atoms with Gasteiger partial charge in [0.15, 0.2) is 0 Å². The van der Waals surface area contributed by atoms with Crippen LogP contribution in [0, 0.1) is 5.82 Å². The molecule has 0 aliphatic carbocycles. The van der Waals surface area contributed by atoms with Crippen molar-refractivity contribution in [2.45, 2.75) is 32.1 Å². The summed E-state index contributed by atoms with van der Waals surface area (Å²) in [6.07, 6.45) is 8.12. The molecule has 4 nitrogen and oxygen atoms in total. The summed E-state index contributed by atoms with van der Waals surface area (Å²) in [6.45, 7) is 2.22. The first kappa shape index (κ1) is 17.6. The van der Waals surface area contributed by atoms with Crippen molar-refractivity contribution < 1.29 is 9.18 Å². The largest absolute Gasteiger partial charge is 0.372 e. The van der Waals surface area contributed by atoms with E-state index in [0.717, 1.165) is 18.8 Å². The van der Waals surface area contributed by atoms with Crippen LogP contribution < -0.4 is 15.5 Å². The summed E-state index contributed by atoms with van der Waals surface area (Å²) in [5, 5.41) is 5.92. The first-order valence-electron chi connectivity index (χ1n) is 9.64. The predicted octanol–water partition coefficient (Wildman–Crippen LogP) is 5.00. The molecule has 0 bridgehead atoms. The smallest absolute Gasteiger partial charge is 0.257 e. The van der Waals surface area contributed by atoms with E-state index in [1.54, 1.807) is 12.3 Å². The second-order valence-corrected chi connectivity index (χ2v) is 7.15. The van der Waals surface area contributed by atoms with Crippen molar-refractivity contribution in [1.82, 2.24) is 0 Å². The molecule has 2 aliphatic heterocycles. The fourth-order valence-corrected chi connectivity index (χ4v) is 3.73. The van der Waals surface area contributed by atoms with Gasteiger partial charge in [0.25, 0.3) is 5.91 Å². The first-order chi connectivity index (χ1) is 13.2. The molecular weight excluding hydrogens is 341 g/mol. The molecule has 140 valence electrons. The van der Waals surface area contributed by atoms with Crippen molar-refractivity contribution in [3.63, 3.8) is 0 Å². The quantitative estimate of drug-likeness (QED) is 0.752. The van der Waals surface area contributed by atoms with E-state index in [2.05, 4.69) is 27.7 Å². The zero-order chi connectivity index (χ0) is 18.6. The molecule has 2 N–H and O–H groups in total. The van der Waals surface area contributed by atoms with Gasteiger partial charge in [-0.25, -0.2) is 4.39 Å². The molecule has 0 aromatic heterocycles. The van der Waals surface area contributed by atoms with Gasteiger partial charge in [-0.3, -0.25) is 4.79 Å². The van der Waals surface area contributed by atoms with Crippen LogP contribution >= 0.6 is 0 Å².